The van der Waals surface area contributed by atoms with E-state index in [1.807, 2.05) is 48.7 Å². The Morgan fingerprint density at radius 2 is 1.85 bits per heavy atom. The third-order valence-electron chi connectivity index (χ3n) is 4.92. The highest BCUT2D eigenvalue weighted by atomic mass is 32.1. The number of fused-ring (bicyclic) bond motifs is 3. The highest BCUT2D eigenvalue weighted by Crippen LogP contribution is 2.42. The van der Waals surface area contributed by atoms with E-state index in [0.717, 1.165) is 10.9 Å². The molecule has 0 spiro atoms. The second-order valence-electron chi connectivity index (χ2n) is 7.01. The zero-order valence-corrected chi connectivity index (χ0v) is 18.3. The molecule has 5 rings (SSSR count). The van der Waals surface area contributed by atoms with Crippen LogP contribution in [0.5, 0.6) is 5.75 Å². The summed E-state index contributed by atoms with van der Waals surface area (Å²) in [6, 6.07) is 16.2. The Morgan fingerprint density at radius 3 is 2.70 bits per heavy atom. The van der Waals surface area contributed by atoms with Gasteiger partial charge in [-0.15, -0.1) is 11.3 Å². The normalized spacial score (nSPS) is 11.6. The van der Waals surface area contributed by atoms with Gasteiger partial charge in [-0.05, 0) is 37.3 Å². The maximum atomic E-state index is 13.0. The average Bonchev–Trinajstić information content (AvgIpc) is 3.45. The van der Waals surface area contributed by atoms with Gasteiger partial charge in [-0.1, -0.05) is 24.3 Å². The number of alkyl halides is 2. The van der Waals surface area contributed by atoms with Crippen LogP contribution in [0.25, 0.3) is 43.9 Å². The van der Waals surface area contributed by atoms with Crippen LogP contribution < -0.4 is 4.74 Å². The summed E-state index contributed by atoms with van der Waals surface area (Å²) in [5.74, 6) is -0.0135. The van der Waals surface area contributed by atoms with E-state index in [1.165, 1.54) is 17.4 Å². The van der Waals surface area contributed by atoms with Crippen molar-refractivity contribution in [3.8, 4) is 27.7 Å². The summed E-state index contributed by atoms with van der Waals surface area (Å²) in [6.07, 6.45) is 0. The van der Waals surface area contributed by atoms with Gasteiger partial charge in [0.25, 0.3) is 0 Å². The van der Waals surface area contributed by atoms with E-state index in [9.17, 15) is 8.78 Å². The summed E-state index contributed by atoms with van der Waals surface area (Å²) in [6.45, 7) is -0.435. The maximum Gasteiger partial charge on any atom is 0.387 e. The van der Waals surface area contributed by atoms with E-state index in [1.54, 1.807) is 12.1 Å². The van der Waals surface area contributed by atoms with Gasteiger partial charge in [0.05, 0.1) is 18.0 Å². The number of ether oxygens (including phenoxy) is 1. The van der Waals surface area contributed by atoms with Gasteiger partial charge in [0, 0.05) is 21.7 Å². The summed E-state index contributed by atoms with van der Waals surface area (Å²) in [7, 11) is 0. The number of aromatic nitrogens is 2. The molecule has 0 fully saturated rings. The fourth-order valence-corrected chi connectivity index (χ4v) is 4.42. The van der Waals surface area contributed by atoms with Gasteiger partial charge in [-0.2, -0.15) is 8.78 Å². The van der Waals surface area contributed by atoms with E-state index < -0.39 is 6.61 Å². The van der Waals surface area contributed by atoms with E-state index in [-0.39, 0.29) is 17.9 Å². The summed E-state index contributed by atoms with van der Waals surface area (Å²) in [5, 5.41) is 4.09. The number of furan rings is 1. The molecule has 5 aromatic rings. The third-order valence-corrected chi connectivity index (χ3v) is 5.79. The summed E-state index contributed by atoms with van der Waals surface area (Å²) in [4.78, 5) is 19.4. The number of hydrogen-bond acceptors (Lipinski definition) is 7. The number of thiazole rings is 1. The van der Waals surface area contributed by atoms with Crippen molar-refractivity contribution in [3.05, 3.63) is 65.7 Å². The second-order valence-corrected chi connectivity index (χ2v) is 7.87. The van der Waals surface area contributed by atoms with Crippen LogP contribution in [0.3, 0.4) is 0 Å². The molecule has 0 amide bonds. The van der Waals surface area contributed by atoms with Crippen LogP contribution in [0.4, 0.5) is 8.78 Å². The SMILES string of the molecule is CCOOCc1cccc(-c2csc(-c3ccc(OC(F)F)c4oc5ccccc5c34)n2)n1. The number of halogens is 2. The molecule has 0 bridgehead atoms. The number of para-hydroxylation sites is 1. The zero-order valence-electron chi connectivity index (χ0n) is 17.5. The average molecular weight is 468 g/mol. The Morgan fingerprint density at radius 1 is 0.970 bits per heavy atom. The molecule has 2 aromatic carbocycles. The van der Waals surface area contributed by atoms with E-state index in [0.29, 0.717) is 39.7 Å². The molecule has 168 valence electrons. The number of nitrogens with zero attached hydrogens (tertiary/aromatic N) is 2. The van der Waals surface area contributed by atoms with E-state index in [4.69, 9.17) is 23.9 Å². The topological polar surface area (TPSA) is 66.6 Å². The van der Waals surface area contributed by atoms with E-state index >= 15 is 0 Å². The third kappa shape index (κ3) is 4.30. The van der Waals surface area contributed by atoms with Crippen molar-refractivity contribution < 1.29 is 27.7 Å². The first-order chi connectivity index (χ1) is 16.1. The molecule has 0 aliphatic rings. The lowest BCUT2D eigenvalue weighted by Gasteiger charge is -2.07. The van der Waals surface area contributed by atoms with Crippen LogP contribution in [0, 0.1) is 0 Å². The first-order valence-corrected chi connectivity index (χ1v) is 11.1. The Hall–Kier alpha value is -3.40. The van der Waals surface area contributed by atoms with Crippen molar-refractivity contribution >= 4 is 33.3 Å². The molecule has 0 radical (unpaired) electrons. The molecule has 0 saturated carbocycles. The standard InChI is InChI=1S/C24H18F2N2O4S/c1-2-29-30-12-14-6-5-8-17(27-14)18-13-33-23(28-18)16-10-11-20(32-24(25)26)22-21(16)15-7-3-4-9-19(15)31-22/h3-11,13,24H,2,12H2,1H3. The van der Waals surface area contributed by atoms with Crippen molar-refractivity contribution in [2.75, 3.05) is 6.61 Å². The zero-order chi connectivity index (χ0) is 22.8. The first kappa shape index (κ1) is 21.4. The molecule has 6 nitrogen and oxygen atoms in total. The molecule has 0 unspecified atom stereocenters. The van der Waals surface area contributed by atoms with Crippen LogP contribution in [0.15, 0.2) is 64.4 Å². The number of benzene rings is 2. The molecule has 3 heterocycles. The van der Waals surface area contributed by atoms with Gasteiger partial charge < -0.3 is 9.15 Å². The molecular weight excluding hydrogens is 450 g/mol. The number of hydrogen-bond donors (Lipinski definition) is 0. The lowest BCUT2D eigenvalue weighted by atomic mass is 10.1. The Bertz CT molecular complexity index is 1420. The molecule has 0 N–H and O–H groups in total. The van der Waals surface area contributed by atoms with Gasteiger partial charge >= 0.3 is 6.61 Å². The second kappa shape index (κ2) is 9.22. The lowest BCUT2D eigenvalue weighted by molar-refractivity contribution is -0.301. The predicted octanol–water partition coefficient (Wildman–Crippen LogP) is 6.84. The van der Waals surface area contributed by atoms with Crippen molar-refractivity contribution in [1.82, 2.24) is 9.97 Å². The van der Waals surface area contributed by atoms with Gasteiger partial charge in [0.1, 0.15) is 22.9 Å². The quantitative estimate of drug-likeness (QED) is 0.141. The maximum absolute atomic E-state index is 13.0. The molecular formula is C24H18F2N2O4S. The summed E-state index contributed by atoms with van der Waals surface area (Å²) >= 11 is 1.43. The van der Waals surface area contributed by atoms with Gasteiger partial charge in [-0.3, -0.25) is 0 Å². The molecule has 0 aliphatic heterocycles. The first-order valence-electron chi connectivity index (χ1n) is 10.2. The Kier molecular flexibility index (Phi) is 5.99. The van der Waals surface area contributed by atoms with E-state index in [2.05, 4.69) is 4.98 Å². The van der Waals surface area contributed by atoms with Gasteiger partial charge in [0.2, 0.25) is 0 Å². The highest BCUT2D eigenvalue weighted by Gasteiger charge is 2.20. The van der Waals surface area contributed by atoms with Crippen molar-refractivity contribution in [3.63, 3.8) is 0 Å². The molecule has 0 aliphatic carbocycles. The number of pyridine rings is 1. The molecule has 9 heteroatoms. The van der Waals surface area contributed by atoms with Crippen LogP contribution in [-0.2, 0) is 16.4 Å². The van der Waals surface area contributed by atoms with Crippen LogP contribution >= 0.6 is 11.3 Å². The Balaban J connectivity index is 1.57. The molecule has 3 aromatic heterocycles. The minimum Gasteiger partial charge on any atom is -0.452 e. The summed E-state index contributed by atoms with van der Waals surface area (Å²) in [5.41, 5.74) is 3.72. The fraction of sp³-hybridized carbons (Fsp3) is 0.167. The monoisotopic (exact) mass is 468 g/mol. The lowest BCUT2D eigenvalue weighted by Crippen LogP contribution is -2.02. The predicted molar refractivity (Wildman–Crippen MR) is 121 cm³/mol. The minimum absolute atomic E-state index is 0.0135. The molecule has 0 saturated heterocycles. The molecule has 33 heavy (non-hydrogen) atoms. The molecule has 0 atom stereocenters. The highest BCUT2D eigenvalue weighted by molar-refractivity contribution is 7.13. The smallest absolute Gasteiger partial charge is 0.387 e. The Labute approximate surface area is 191 Å². The van der Waals surface area contributed by atoms with Gasteiger partial charge in [-0.25, -0.2) is 19.7 Å². The minimum atomic E-state index is -2.95. The van der Waals surface area contributed by atoms with Crippen LogP contribution in [0.1, 0.15) is 12.6 Å². The van der Waals surface area contributed by atoms with Crippen LogP contribution in [0.2, 0.25) is 0 Å². The van der Waals surface area contributed by atoms with Crippen molar-refractivity contribution in [2.24, 2.45) is 0 Å². The van der Waals surface area contributed by atoms with Crippen molar-refractivity contribution in [2.45, 2.75) is 20.1 Å². The number of rotatable bonds is 8. The summed E-state index contributed by atoms with van der Waals surface area (Å²) < 4.78 is 36.5. The van der Waals surface area contributed by atoms with Crippen LogP contribution in [-0.4, -0.2) is 23.2 Å². The fourth-order valence-electron chi connectivity index (χ4n) is 3.57. The van der Waals surface area contributed by atoms with Gasteiger partial charge in [0.15, 0.2) is 11.3 Å². The van der Waals surface area contributed by atoms with Crippen molar-refractivity contribution in [1.29, 1.82) is 0 Å². The largest absolute Gasteiger partial charge is 0.452 e.